The largest absolute Gasteiger partial charge is 0.318 e. The SMILES string of the molecule is CCN=C1S/C(=C/c2cc(C)n(-c3ccc(Br)c(C)c3)c2C)C(=O)N1CC. The minimum Gasteiger partial charge on any atom is -0.318 e. The van der Waals surface area contributed by atoms with Crippen molar-refractivity contribution in [2.24, 2.45) is 4.99 Å². The van der Waals surface area contributed by atoms with Gasteiger partial charge in [0.15, 0.2) is 5.17 Å². The quantitative estimate of drug-likeness (QED) is 0.584. The van der Waals surface area contributed by atoms with Crippen molar-refractivity contribution in [3.63, 3.8) is 0 Å². The van der Waals surface area contributed by atoms with Crippen molar-refractivity contribution in [3.8, 4) is 5.69 Å². The van der Waals surface area contributed by atoms with Crippen molar-refractivity contribution >= 4 is 44.8 Å². The standard InChI is InChI=1S/C21H24BrN3OS/c1-6-23-21-24(7-2)20(26)19(27-21)12-16-11-14(4)25(15(16)5)17-8-9-18(22)13(3)10-17/h8-12H,6-7H2,1-5H3/b19-12+,23-21?. The Morgan fingerprint density at radius 3 is 2.56 bits per heavy atom. The minimum atomic E-state index is 0.0407. The molecule has 0 bridgehead atoms. The lowest BCUT2D eigenvalue weighted by molar-refractivity contribution is -0.122. The molecule has 1 aromatic carbocycles. The molecule has 0 radical (unpaired) electrons. The van der Waals surface area contributed by atoms with E-state index in [0.29, 0.717) is 13.1 Å². The molecule has 0 aliphatic carbocycles. The number of amides is 1. The normalized spacial score (nSPS) is 17.6. The van der Waals surface area contributed by atoms with Gasteiger partial charge in [-0.1, -0.05) is 15.9 Å². The first-order valence-electron chi connectivity index (χ1n) is 9.08. The average Bonchev–Trinajstić information content (AvgIpc) is 3.07. The summed E-state index contributed by atoms with van der Waals surface area (Å²) < 4.78 is 3.33. The molecule has 1 saturated heterocycles. The van der Waals surface area contributed by atoms with E-state index in [-0.39, 0.29) is 5.91 Å². The van der Waals surface area contributed by atoms with Crippen LogP contribution in [0.2, 0.25) is 0 Å². The number of likely N-dealkylation sites (N-methyl/N-ethyl adjacent to an activating group) is 1. The Balaban J connectivity index is 2.02. The van der Waals surface area contributed by atoms with Gasteiger partial charge in [0.05, 0.1) is 4.91 Å². The Morgan fingerprint density at radius 2 is 1.93 bits per heavy atom. The molecule has 1 fully saturated rings. The van der Waals surface area contributed by atoms with Crippen LogP contribution < -0.4 is 0 Å². The van der Waals surface area contributed by atoms with Gasteiger partial charge in [-0.15, -0.1) is 0 Å². The van der Waals surface area contributed by atoms with Gasteiger partial charge in [-0.3, -0.25) is 14.7 Å². The summed E-state index contributed by atoms with van der Waals surface area (Å²) in [6.45, 7) is 11.6. The maximum Gasteiger partial charge on any atom is 0.266 e. The van der Waals surface area contributed by atoms with Gasteiger partial charge in [-0.2, -0.15) is 0 Å². The number of hydrogen-bond acceptors (Lipinski definition) is 3. The number of aromatic nitrogens is 1. The monoisotopic (exact) mass is 445 g/mol. The molecule has 2 aromatic rings. The zero-order chi connectivity index (χ0) is 19.7. The number of benzene rings is 1. The van der Waals surface area contributed by atoms with Crippen molar-refractivity contribution in [3.05, 3.63) is 56.2 Å². The number of carbonyl (C=O) groups excluding carboxylic acids is 1. The highest BCUT2D eigenvalue weighted by atomic mass is 79.9. The Hall–Kier alpha value is -1.79. The van der Waals surface area contributed by atoms with E-state index in [1.165, 1.54) is 17.3 Å². The van der Waals surface area contributed by atoms with Gasteiger partial charge in [-0.25, -0.2) is 0 Å². The third-order valence-electron chi connectivity index (χ3n) is 4.65. The molecule has 0 atom stereocenters. The van der Waals surface area contributed by atoms with Gasteiger partial charge in [0.1, 0.15) is 0 Å². The van der Waals surface area contributed by atoms with Crippen LogP contribution in [-0.4, -0.2) is 33.6 Å². The third kappa shape index (κ3) is 3.78. The van der Waals surface area contributed by atoms with E-state index in [0.717, 1.165) is 37.2 Å². The molecule has 0 spiro atoms. The second kappa shape index (κ2) is 8.07. The van der Waals surface area contributed by atoms with Gasteiger partial charge < -0.3 is 4.57 Å². The predicted molar refractivity (Wildman–Crippen MR) is 119 cm³/mol. The molecule has 6 heteroatoms. The summed E-state index contributed by atoms with van der Waals surface area (Å²) in [5.74, 6) is 0.0407. The van der Waals surface area contributed by atoms with E-state index in [1.54, 1.807) is 4.90 Å². The first-order chi connectivity index (χ1) is 12.9. The van der Waals surface area contributed by atoms with Gasteiger partial charge >= 0.3 is 0 Å². The van der Waals surface area contributed by atoms with E-state index in [9.17, 15) is 4.79 Å². The van der Waals surface area contributed by atoms with Crippen LogP contribution in [0, 0.1) is 20.8 Å². The van der Waals surface area contributed by atoms with Gasteiger partial charge in [-0.05, 0) is 87.8 Å². The van der Waals surface area contributed by atoms with E-state index >= 15 is 0 Å². The minimum absolute atomic E-state index is 0.0407. The van der Waals surface area contributed by atoms with Crippen LogP contribution in [0.4, 0.5) is 0 Å². The lowest BCUT2D eigenvalue weighted by atomic mass is 10.2. The maximum absolute atomic E-state index is 12.7. The van der Waals surface area contributed by atoms with Crippen molar-refractivity contribution in [1.29, 1.82) is 0 Å². The van der Waals surface area contributed by atoms with E-state index < -0.39 is 0 Å². The number of amidine groups is 1. The number of thioether (sulfide) groups is 1. The second-order valence-electron chi connectivity index (χ2n) is 6.51. The smallest absolute Gasteiger partial charge is 0.266 e. The number of rotatable bonds is 4. The van der Waals surface area contributed by atoms with E-state index in [4.69, 9.17) is 0 Å². The fourth-order valence-electron chi connectivity index (χ4n) is 3.28. The first kappa shape index (κ1) is 20.0. The molecule has 2 heterocycles. The maximum atomic E-state index is 12.7. The Bertz CT molecular complexity index is 959. The molecule has 27 heavy (non-hydrogen) atoms. The highest BCUT2D eigenvalue weighted by Gasteiger charge is 2.32. The lowest BCUT2D eigenvalue weighted by Gasteiger charge is -2.11. The molecule has 1 aliphatic rings. The van der Waals surface area contributed by atoms with Crippen LogP contribution in [-0.2, 0) is 4.79 Å². The molecular formula is C21H24BrN3OS. The zero-order valence-electron chi connectivity index (χ0n) is 16.3. The van der Waals surface area contributed by atoms with Crippen LogP contribution in [0.15, 0.2) is 38.6 Å². The summed E-state index contributed by atoms with van der Waals surface area (Å²) in [5.41, 5.74) is 5.66. The van der Waals surface area contributed by atoms with Crippen LogP contribution in [0.3, 0.4) is 0 Å². The molecule has 1 amide bonds. The number of nitrogens with zero attached hydrogens (tertiary/aromatic N) is 3. The summed E-state index contributed by atoms with van der Waals surface area (Å²) in [4.78, 5) is 19.7. The average molecular weight is 446 g/mol. The zero-order valence-corrected chi connectivity index (χ0v) is 18.7. The molecular weight excluding hydrogens is 422 g/mol. The van der Waals surface area contributed by atoms with E-state index in [1.807, 2.05) is 19.9 Å². The van der Waals surface area contributed by atoms with Gasteiger partial charge in [0.25, 0.3) is 5.91 Å². The summed E-state index contributed by atoms with van der Waals surface area (Å²) in [5, 5.41) is 0.800. The van der Waals surface area contributed by atoms with Crippen LogP contribution in [0.1, 0.15) is 36.4 Å². The second-order valence-corrected chi connectivity index (χ2v) is 8.38. The fourth-order valence-corrected chi connectivity index (χ4v) is 4.62. The Morgan fingerprint density at radius 1 is 1.19 bits per heavy atom. The van der Waals surface area contributed by atoms with Crippen LogP contribution in [0.25, 0.3) is 11.8 Å². The van der Waals surface area contributed by atoms with Gasteiger partial charge in [0, 0.05) is 34.6 Å². The summed E-state index contributed by atoms with van der Waals surface area (Å²) in [7, 11) is 0. The predicted octanol–water partition coefficient (Wildman–Crippen LogP) is 5.48. The van der Waals surface area contributed by atoms with Crippen molar-refractivity contribution in [2.45, 2.75) is 34.6 Å². The molecule has 0 unspecified atom stereocenters. The Kier molecular flexibility index (Phi) is 5.96. The topological polar surface area (TPSA) is 37.6 Å². The summed E-state index contributed by atoms with van der Waals surface area (Å²) >= 11 is 5.03. The lowest BCUT2D eigenvalue weighted by Crippen LogP contribution is -2.28. The first-order valence-corrected chi connectivity index (χ1v) is 10.7. The number of halogens is 1. The molecule has 1 aromatic heterocycles. The third-order valence-corrected chi connectivity index (χ3v) is 6.59. The van der Waals surface area contributed by atoms with Crippen LogP contribution in [0.5, 0.6) is 0 Å². The van der Waals surface area contributed by atoms with Gasteiger partial charge in [0.2, 0.25) is 0 Å². The molecule has 142 valence electrons. The molecule has 0 saturated carbocycles. The summed E-state index contributed by atoms with van der Waals surface area (Å²) in [6, 6.07) is 8.49. The Labute approximate surface area is 173 Å². The van der Waals surface area contributed by atoms with Crippen molar-refractivity contribution in [2.75, 3.05) is 13.1 Å². The number of hydrogen-bond donors (Lipinski definition) is 0. The van der Waals surface area contributed by atoms with Crippen LogP contribution >= 0.6 is 27.7 Å². The molecule has 1 aliphatic heterocycles. The highest BCUT2D eigenvalue weighted by Crippen LogP contribution is 2.34. The fraction of sp³-hybridized carbons (Fsp3) is 0.333. The van der Waals surface area contributed by atoms with Crippen molar-refractivity contribution in [1.82, 2.24) is 9.47 Å². The number of aryl methyl sites for hydroxylation is 2. The molecule has 4 nitrogen and oxygen atoms in total. The van der Waals surface area contributed by atoms with E-state index in [2.05, 4.69) is 70.5 Å². The molecule has 3 rings (SSSR count). The van der Waals surface area contributed by atoms with Crippen molar-refractivity contribution < 1.29 is 4.79 Å². The summed E-state index contributed by atoms with van der Waals surface area (Å²) in [6.07, 6.45) is 2.00. The number of carbonyl (C=O) groups is 1. The number of aliphatic imine (C=N–C) groups is 1. The molecule has 0 N–H and O–H groups in total. The highest BCUT2D eigenvalue weighted by molar-refractivity contribution is 9.10.